The van der Waals surface area contributed by atoms with Crippen LogP contribution in [0.25, 0.3) is 10.4 Å². The van der Waals surface area contributed by atoms with E-state index in [1.165, 1.54) is 25.9 Å². The summed E-state index contributed by atoms with van der Waals surface area (Å²) in [6, 6.07) is 12.0. The van der Waals surface area contributed by atoms with Gasteiger partial charge in [0, 0.05) is 13.1 Å². The lowest BCUT2D eigenvalue weighted by Crippen LogP contribution is -2.51. The normalized spacial score (nSPS) is 25.6. The van der Waals surface area contributed by atoms with Crippen LogP contribution >= 0.6 is 11.3 Å². The lowest BCUT2D eigenvalue weighted by Gasteiger charge is -2.45. The molecule has 3 fully saturated rings. The Kier molecular flexibility index (Phi) is 4.29. The number of fused-ring (bicyclic) bond motifs is 3. The van der Waals surface area contributed by atoms with Crippen LogP contribution in [0.5, 0.6) is 0 Å². The summed E-state index contributed by atoms with van der Waals surface area (Å²) in [5, 5.41) is 11.8. The van der Waals surface area contributed by atoms with E-state index in [1.54, 1.807) is 16.2 Å². The van der Waals surface area contributed by atoms with Crippen molar-refractivity contribution in [3.05, 3.63) is 41.8 Å². The minimum absolute atomic E-state index is 0.451. The van der Waals surface area contributed by atoms with Gasteiger partial charge >= 0.3 is 6.09 Å². The molecule has 3 aliphatic rings. The summed E-state index contributed by atoms with van der Waals surface area (Å²) < 4.78 is 0. The van der Waals surface area contributed by atoms with Crippen LogP contribution in [0.3, 0.4) is 0 Å². The zero-order chi connectivity index (χ0) is 16.5. The lowest BCUT2D eigenvalue weighted by molar-refractivity contribution is 0.0543. The molecule has 2 bridgehead atoms. The summed E-state index contributed by atoms with van der Waals surface area (Å²) >= 11 is 1.61. The molecule has 2 aromatic rings. The number of thiophene rings is 1. The lowest BCUT2D eigenvalue weighted by atomic mass is 9.79. The third-order valence-electron chi connectivity index (χ3n) is 5.41. The van der Waals surface area contributed by atoms with E-state index in [1.807, 2.05) is 41.8 Å². The standard InChI is InChI=1S/C19H22N2O2S/c22-19(23)21(13-16-12-20-9-6-14(16)7-10-20)17-8-11-24-18(17)15-4-2-1-3-5-15/h1-5,8,11,14,16H,6-7,9-10,12-13H2,(H,22,23). The Morgan fingerprint density at radius 1 is 1.21 bits per heavy atom. The summed E-state index contributed by atoms with van der Waals surface area (Å²) in [5.74, 6) is 1.13. The van der Waals surface area contributed by atoms with E-state index in [0.717, 1.165) is 22.7 Å². The molecule has 0 radical (unpaired) electrons. The fraction of sp³-hybridized carbons (Fsp3) is 0.421. The third-order valence-corrected chi connectivity index (χ3v) is 6.36. The molecule has 5 heteroatoms. The van der Waals surface area contributed by atoms with Gasteiger partial charge in [-0.3, -0.25) is 4.90 Å². The molecule has 1 aromatic heterocycles. The molecule has 0 saturated carbocycles. The summed E-state index contributed by atoms with van der Waals surface area (Å²) in [4.78, 5) is 17.1. The highest BCUT2D eigenvalue weighted by Crippen LogP contribution is 2.39. The number of rotatable bonds is 4. The smallest absolute Gasteiger partial charge is 0.411 e. The topological polar surface area (TPSA) is 43.8 Å². The monoisotopic (exact) mass is 342 g/mol. The number of hydrogen-bond acceptors (Lipinski definition) is 3. The van der Waals surface area contributed by atoms with Crippen LogP contribution in [0.2, 0.25) is 0 Å². The number of hydrogen-bond donors (Lipinski definition) is 1. The first-order valence-corrected chi connectivity index (χ1v) is 9.46. The van der Waals surface area contributed by atoms with Crippen LogP contribution in [0.1, 0.15) is 12.8 Å². The van der Waals surface area contributed by atoms with Crippen molar-refractivity contribution in [2.24, 2.45) is 11.8 Å². The van der Waals surface area contributed by atoms with E-state index in [-0.39, 0.29) is 0 Å². The van der Waals surface area contributed by atoms with Crippen LogP contribution in [-0.2, 0) is 0 Å². The second kappa shape index (κ2) is 6.57. The molecule has 1 amide bonds. The summed E-state index contributed by atoms with van der Waals surface area (Å²) in [5.41, 5.74) is 1.91. The summed E-state index contributed by atoms with van der Waals surface area (Å²) in [6.45, 7) is 4.01. The Hall–Kier alpha value is -1.85. The first-order chi connectivity index (χ1) is 11.7. The maximum Gasteiger partial charge on any atom is 0.411 e. The van der Waals surface area contributed by atoms with E-state index in [0.29, 0.717) is 18.4 Å². The highest BCUT2D eigenvalue weighted by atomic mass is 32.1. The van der Waals surface area contributed by atoms with Gasteiger partial charge in [0.05, 0.1) is 10.6 Å². The van der Waals surface area contributed by atoms with Crippen LogP contribution in [-0.4, -0.2) is 42.3 Å². The molecule has 1 aromatic carbocycles. The predicted octanol–water partition coefficient (Wildman–Crippen LogP) is 4.24. The van der Waals surface area contributed by atoms with Crippen molar-refractivity contribution in [3.63, 3.8) is 0 Å². The van der Waals surface area contributed by atoms with Gasteiger partial charge in [0.1, 0.15) is 0 Å². The third kappa shape index (κ3) is 2.94. The van der Waals surface area contributed by atoms with Crippen LogP contribution in [0.15, 0.2) is 41.8 Å². The maximum absolute atomic E-state index is 12.0. The SMILES string of the molecule is O=C(O)N(CC1CN2CCC1CC2)c1ccsc1-c1ccccc1. The molecule has 4 nitrogen and oxygen atoms in total. The average Bonchev–Trinajstić information content (AvgIpc) is 3.10. The zero-order valence-electron chi connectivity index (χ0n) is 13.6. The van der Waals surface area contributed by atoms with Gasteiger partial charge in [-0.25, -0.2) is 4.79 Å². The van der Waals surface area contributed by atoms with Crippen molar-refractivity contribution < 1.29 is 9.90 Å². The molecule has 5 rings (SSSR count). The van der Waals surface area contributed by atoms with Crippen molar-refractivity contribution in [3.8, 4) is 10.4 Å². The van der Waals surface area contributed by atoms with E-state index in [4.69, 9.17) is 0 Å². The van der Waals surface area contributed by atoms with Crippen molar-refractivity contribution in [2.45, 2.75) is 12.8 Å². The molecule has 4 heterocycles. The Labute approximate surface area is 146 Å². The van der Waals surface area contributed by atoms with Crippen molar-refractivity contribution >= 4 is 23.1 Å². The second-order valence-electron chi connectivity index (χ2n) is 6.79. The Bertz CT molecular complexity index is 707. The van der Waals surface area contributed by atoms with Gasteiger partial charge in [0.25, 0.3) is 0 Å². The van der Waals surface area contributed by atoms with Crippen molar-refractivity contribution in [1.29, 1.82) is 0 Å². The minimum atomic E-state index is -0.845. The van der Waals surface area contributed by atoms with Crippen LogP contribution < -0.4 is 4.90 Å². The summed E-state index contributed by atoms with van der Waals surface area (Å²) in [7, 11) is 0. The van der Waals surface area contributed by atoms with Gasteiger partial charge in [-0.1, -0.05) is 30.3 Å². The van der Waals surface area contributed by atoms with E-state index < -0.39 is 6.09 Å². The fourth-order valence-electron chi connectivity index (χ4n) is 4.13. The quantitative estimate of drug-likeness (QED) is 0.904. The van der Waals surface area contributed by atoms with E-state index in [9.17, 15) is 9.90 Å². The average molecular weight is 342 g/mol. The molecule has 0 spiro atoms. The maximum atomic E-state index is 12.0. The van der Waals surface area contributed by atoms with Crippen molar-refractivity contribution in [2.75, 3.05) is 31.1 Å². The molecule has 3 aliphatic heterocycles. The second-order valence-corrected chi connectivity index (χ2v) is 7.71. The van der Waals surface area contributed by atoms with Crippen molar-refractivity contribution in [1.82, 2.24) is 4.90 Å². The predicted molar refractivity (Wildman–Crippen MR) is 97.8 cm³/mol. The van der Waals surface area contributed by atoms with Gasteiger partial charge in [0.15, 0.2) is 0 Å². The molecule has 1 unspecified atom stereocenters. The highest BCUT2D eigenvalue weighted by molar-refractivity contribution is 7.14. The Balaban J connectivity index is 1.61. The van der Waals surface area contributed by atoms with E-state index in [2.05, 4.69) is 4.90 Å². The van der Waals surface area contributed by atoms with Crippen LogP contribution in [0, 0.1) is 11.8 Å². The molecule has 0 aliphatic carbocycles. The molecular formula is C19H22N2O2S. The van der Waals surface area contributed by atoms with Gasteiger partial charge in [-0.15, -0.1) is 11.3 Å². The number of carbonyl (C=O) groups is 1. The molecular weight excluding hydrogens is 320 g/mol. The number of amides is 1. The number of carboxylic acid groups (broad SMARTS) is 1. The van der Waals surface area contributed by atoms with Crippen LogP contribution in [0.4, 0.5) is 10.5 Å². The largest absolute Gasteiger partial charge is 0.465 e. The summed E-state index contributed by atoms with van der Waals surface area (Å²) in [6.07, 6.45) is 1.59. The molecule has 24 heavy (non-hydrogen) atoms. The number of benzene rings is 1. The van der Waals surface area contributed by atoms with Gasteiger partial charge < -0.3 is 10.0 Å². The van der Waals surface area contributed by atoms with Gasteiger partial charge in [0.2, 0.25) is 0 Å². The number of piperidine rings is 3. The minimum Gasteiger partial charge on any atom is -0.465 e. The molecule has 126 valence electrons. The van der Waals surface area contributed by atoms with E-state index >= 15 is 0 Å². The molecule has 1 N–H and O–H groups in total. The first kappa shape index (κ1) is 15.7. The number of anilines is 1. The van der Waals surface area contributed by atoms with Gasteiger partial charge in [-0.05, 0) is 54.8 Å². The molecule has 1 atom stereocenters. The van der Waals surface area contributed by atoms with Gasteiger partial charge in [-0.2, -0.15) is 0 Å². The highest BCUT2D eigenvalue weighted by Gasteiger charge is 2.36. The Morgan fingerprint density at radius 3 is 2.58 bits per heavy atom. The Morgan fingerprint density at radius 2 is 1.96 bits per heavy atom. The number of nitrogens with zero attached hydrogens (tertiary/aromatic N) is 2. The first-order valence-electron chi connectivity index (χ1n) is 8.58. The zero-order valence-corrected chi connectivity index (χ0v) is 14.4. The molecule has 3 saturated heterocycles. The fourth-order valence-corrected chi connectivity index (χ4v) is 5.03.